The zero-order chi connectivity index (χ0) is 12.3. The first-order valence-electron chi connectivity index (χ1n) is 4.70. The second-order valence-electron chi connectivity index (χ2n) is 2.50. The van der Waals surface area contributed by atoms with Crippen LogP contribution >= 0.6 is 0 Å². The number of benzene rings is 1. The molecular weight excluding hydrogens is 194 g/mol. The first kappa shape index (κ1) is 15.7. The van der Waals surface area contributed by atoms with Gasteiger partial charge in [-0.15, -0.1) is 0 Å². The summed E-state index contributed by atoms with van der Waals surface area (Å²) < 4.78 is 0. The summed E-state index contributed by atoms with van der Waals surface area (Å²) in [5, 5.41) is 10.0. The summed E-state index contributed by atoms with van der Waals surface area (Å²) in [6.07, 6.45) is 0. The number of non-ortho nitro benzene ring substituents is 1. The zero-order valence-electron chi connectivity index (χ0n) is 9.56. The molecule has 0 spiro atoms. The number of Topliss-reactive ketones (excluding diaryl/α,β-unsaturated/α-hetero) is 1. The molecular formula is C11H17NO3. The van der Waals surface area contributed by atoms with E-state index in [-0.39, 0.29) is 11.5 Å². The van der Waals surface area contributed by atoms with Crippen LogP contribution in [0.5, 0.6) is 0 Å². The molecule has 0 N–H and O–H groups in total. The number of rotatable bonds is 1. The number of hydrogen-bond acceptors (Lipinski definition) is 3. The van der Waals surface area contributed by atoms with Crippen LogP contribution in [0, 0.1) is 10.1 Å². The van der Waals surface area contributed by atoms with Crippen molar-refractivity contribution in [1.29, 1.82) is 0 Å². The quantitative estimate of drug-likeness (QED) is 0.529. The Kier molecular flexibility index (Phi) is 10.9. The van der Waals surface area contributed by atoms with E-state index in [1.54, 1.807) is 18.2 Å². The van der Waals surface area contributed by atoms with Crippen molar-refractivity contribution in [3.8, 4) is 0 Å². The Balaban J connectivity index is 0. The number of nitro benzene ring substituents is 1. The lowest BCUT2D eigenvalue weighted by Crippen LogP contribution is -1.84. The summed E-state index contributed by atoms with van der Waals surface area (Å²) in [6, 6.07) is 7.93. The average molecular weight is 211 g/mol. The van der Waals surface area contributed by atoms with Gasteiger partial charge in [-0.05, 0) is 13.8 Å². The Morgan fingerprint density at radius 3 is 1.67 bits per heavy atom. The third-order valence-electron chi connectivity index (χ3n) is 0.967. The van der Waals surface area contributed by atoms with E-state index >= 15 is 0 Å². The van der Waals surface area contributed by atoms with Crippen molar-refractivity contribution in [3.63, 3.8) is 0 Å². The largest absolute Gasteiger partial charge is 0.300 e. The van der Waals surface area contributed by atoms with Crippen molar-refractivity contribution >= 4 is 11.5 Å². The topological polar surface area (TPSA) is 60.2 Å². The molecule has 0 bridgehead atoms. The lowest BCUT2D eigenvalue weighted by Gasteiger charge is -1.85. The number of hydrogen-bond donors (Lipinski definition) is 0. The Labute approximate surface area is 90.1 Å². The molecule has 0 heterocycles. The molecule has 0 amide bonds. The van der Waals surface area contributed by atoms with Crippen LogP contribution in [0.1, 0.15) is 27.7 Å². The van der Waals surface area contributed by atoms with Gasteiger partial charge in [0.1, 0.15) is 5.78 Å². The van der Waals surface area contributed by atoms with E-state index < -0.39 is 4.92 Å². The van der Waals surface area contributed by atoms with E-state index in [0.29, 0.717) is 0 Å². The molecule has 84 valence electrons. The summed E-state index contributed by atoms with van der Waals surface area (Å²) in [5.74, 6) is 0.167. The minimum absolute atomic E-state index is 0.137. The highest BCUT2D eigenvalue weighted by Gasteiger charge is 1.98. The number of carbonyl (C=O) groups is 1. The summed E-state index contributed by atoms with van der Waals surface area (Å²) >= 11 is 0. The molecule has 15 heavy (non-hydrogen) atoms. The van der Waals surface area contributed by atoms with Crippen LogP contribution in [0.4, 0.5) is 5.69 Å². The van der Waals surface area contributed by atoms with Crippen molar-refractivity contribution < 1.29 is 9.72 Å². The van der Waals surface area contributed by atoms with Crippen molar-refractivity contribution in [2.24, 2.45) is 0 Å². The molecule has 0 radical (unpaired) electrons. The lowest BCUT2D eigenvalue weighted by atomic mass is 10.3. The normalized spacial score (nSPS) is 7.47. The van der Waals surface area contributed by atoms with Crippen LogP contribution < -0.4 is 0 Å². The number of para-hydroxylation sites is 1. The zero-order valence-corrected chi connectivity index (χ0v) is 9.56. The van der Waals surface area contributed by atoms with Gasteiger partial charge >= 0.3 is 0 Å². The third kappa shape index (κ3) is 12.3. The lowest BCUT2D eigenvalue weighted by molar-refractivity contribution is -0.384. The molecule has 0 unspecified atom stereocenters. The van der Waals surface area contributed by atoms with Gasteiger partial charge in [0.05, 0.1) is 4.92 Å². The van der Waals surface area contributed by atoms with Crippen LogP contribution in [0.25, 0.3) is 0 Å². The molecule has 0 fully saturated rings. The second kappa shape index (κ2) is 10.4. The SMILES string of the molecule is CC.CC(C)=O.O=[N+]([O-])c1ccccc1. The van der Waals surface area contributed by atoms with Gasteiger partial charge in [-0.3, -0.25) is 10.1 Å². The molecule has 0 aromatic heterocycles. The maximum Gasteiger partial charge on any atom is 0.269 e. The van der Waals surface area contributed by atoms with Crippen molar-refractivity contribution in [3.05, 3.63) is 40.4 Å². The third-order valence-corrected chi connectivity index (χ3v) is 0.967. The number of ketones is 1. The van der Waals surface area contributed by atoms with Crippen LogP contribution in [0.3, 0.4) is 0 Å². The predicted molar refractivity (Wildman–Crippen MR) is 60.8 cm³/mol. The molecule has 1 rings (SSSR count). The van der Waals surface area contributed by atoms with Crippen LogP contribution in [-0.2, 0) is 4.79 Å². The Morgan fingerprint density at radius 2 is 1.47 bits per heavy atom. The molecule has 1 aromatic rings. The van der Waals surface area contributed by atoms with Crippen LogP contribution in [0.15, 0.2) is 30.3 Å². The molecule has 0 aliphatic rings. The maximum absolute atomic E-state index is 10.0. The summed E-state index contributed by atoms with van der Waals surface area (Å²) in [6.45, 7) is 7.06. The Morgan fingerprint density at radius 1 is 1.13 bits per heavy atom. The van der Waals surface area contributed by atoms with E-state index in [9.17, 15) is 14.9 Å². The summed E-state index contributed by atoms with van der Waals surface area (Å²) in [7, 11) is 0. The molecule has 4 heteroatoms. The first-order valence-corrected chi connectivity index (χ1v) is 4.70. The van der Waals surface area contributed by atoms with Crippen LogP contribution in [-0.4, -0.2) is 10.7 Å². The second-order valence-corrected chi connectivity index (χ2v) is 2.50. The summed E-state index contributed by atoms with van der Waals surface area (Å²) in [4.78, 5) is 19.0. The Bertz CT molecular complexity index is 279. The Hall–Kier alpha value is -1.71. The molecule has 0 atom stereocenters. The van der Waals surface area contributed by atoms with E-state index in [0.717, 1.165) is 0 Å². The van der Waals surface area contributed by atoms with Gasteiger partial charge in [-0.1, -0.05) is 32.0 Å². The minimum atomic E-state index is -0.417. The average Bonchev–Trinajstić information content (AvgIpc) is 2.21. The first-order chi connectivity index (χ1) is 7.04. The van der Waals surface area contributed by atoms with Gasteiger partial charge < -0.3 is 4.79 Å². The molecule has 0 saturated heterocycles. The number of nitro groups is 1. The summed E-state index contributed by atoms with van der Waals surface area (Å²) in [5.41, 5.74) is 0.137. The number of carbonyl (C=O) groups excluding carboxylic acids is 1. The standard InChI is InChI=1S/C6H5NO2.C3H6O.C2H6/c8-7(9)6-4-2-1-3-5-6;1-3(2)4;1-2/h1-5H;1-2H3;1-2H3. The van der Waals surface area contributed by atoms with Gasteiger partial charge in [0.15, 0.2) is 0 Å². The molecule has 0 aliphatic carbocycles. The monoisotopic (exact) mass is 211 g/mol. The molecule has 0 aliphatic heterocycles. The van der Waals surface area contributed by atoms with Gasteiger partial charge in [0, 0.05) is 12.1 Å². The van der Waals surface area contributed by atoms with Crippen molar-refractivity contribution in [2.75, 3.05) is 0 Å². The van der Waals surface area contributed by atoms with E-state index in [1.165, 1.54) is 26.0 Å². The minimum Gasteiger partial charge on any atom is -0.300 e. The molecule has 0 saturated carbocycles. The fourth-order valence-corrected chi connectivity index (χ4v) is 0.550. The molecule has 4 nitrogen and oxygen atoms in total. The van der Waals surface area contributed by atoms with Crippen molar-refractivity contribution in [2.45, 2.75) is 27.7 Å². The van der Waals surface area contributed by atoms with Gasteiger partial charge in [-0.25, -0.2) is 0 Å². The van der Waals surface area contributed by atoms with E-state index in [1.807, 2.05) is 13.8 Å². The fourth-order valence-electron chi connectivity index (χ4n) is 0.550. The highest BCUT2D eigenvalue weighted by molar-refractivity contribution is 5.72. The smallest absolute Gasteiger partial charge is 0.269 e. The van der Waals surface area contributed by atoms with Gasteiger partial charge in [0.2, 0.25) is 0 Å². The predicted octanol–water partition coefficient (Wildman–Crippen LogP) is 3.22. The molecule has 1 aromatic carbocycles. The highest BCUT2D eigenvalue weighted by atomic mass is 16.6. The maximum atomic E-state index is 10.0. The van der Waals surface area contributed by atoms with Gasteiger partial charge in [0.25, 0.3) is 5.69 Å². The fraction of sp³-hybridized carbons (Fsp3) is 0.364. The highest BCUT2D eigenvalue weighted by Crippen LogP contribution is 2.06. The van der Waals surface area contributed by atoms with Gasteiger partial charge in [-0.2, -0.15) is 0 Å². The van der Waals surface area contributed by atoms with Crippen LogP contribution in [0.2, 0.25) is 0 Å². The van der Waals surface area contributed by atoms with Crippen molar-refractivity contribution in [1.82, 2.24) is 0 Å². The van der Waals surface area contributed by atoms with E-state index in [4.69, 9.17) is 0 Å². The van der Waals surface area contributed by atoms with E-state index in [2.05, 4.69) is 0 Å². The number of nitrogens with zero attached hydrogens (tertiary/aromatic N) is 1.